The van der Waals surface area contributed by atoms with E-state index in [9.17, 15) is 35.1 Å². The topological polar surface area (TPSA) is 146 Å². The van der Waals surface area contributed by atoms with E-state index in [2.05, 4.69) is 0 Å². The van der Waals surface area contributed by atoms with Crippen molar-refractivity contribution in [2.45, 2.75) is 109 Å². The maximum absolute atomic E-state index is 10.8. The number of nitro groups is 3. The number of rotatable bonds is 20. The summed E-state index contributed by atoms with van der Waals surface area (Å²) in [5.74, 6) is -3.31. The van der Waals surface area contributed by atoms with Gasteiger partial charge in [0.05, 0.1) is 0 Å². The fraction of sp³-hybridized carbons (Fsp3) is 0.944. The van der Waals surface area contributed by atoms with Gasteiger partial charge in [-0.1, -0.05) is 77.0 Å². The van der Waals surface area contributed by atoms with E-state index in [-0.39, 0.29) is 6.42 Å². The van der Waals surface area contributed by atoms with Crippen molar-refractivity contribution in [1.82, 2.24) is 0 Å². The third-order valence-electron chi connectivity index (χ3n) is 4.92. The number of carbonyl (C=O) groups excluding carboxylic acids is 1. The molecule has 0 aromatic heterocycles. The Labute approximate surface area is 165 Å². The zero-order valence-electron chi connectivity index (χ0n) is 16.5. The molecule has 0 rings (SSSR count). The Morgan fingerprint density at radius 2 is 0.821 bits per heavy atom. The molecule has 10 heteroatoms. The molecular formula is C18H32N3O7. The highest BCUT2D eigenvalue weighted by Crippen LogP contribution is 2.21. The normalized spacial score (nSPS) is 11.3. The van der Waals surface area contributed by atoms with Crippen molar-refractivity contribution in [3.05, 3.63) is 30.3 Å². The van der Waals surface area contributed by atoms with Gasteiger partial charge >= 0.3 is 5.79 Å². The van der Waals surface area contributed by atoms with Gasteiger partial charge in [-0.25, -0.2) is 0 Å². The third-order valence-corrected chi connectivity index (χ3v) is 4.92. The molecule has 0 saturated carbocycles. The summed E-state index contributed by atoms with van der Waals surface area (Å²) < 4.78 is 0. The maximum Gasteiger partial charge on any atom is 0.699 e. The van der Waals surface area contributed by atoms with Crippen LogP contribution in [0.2, 0.25) is 0 Å². The Bertz CT molecular complexity index is 450. The molecule has 0 atom stereocenters. The standard InChI is InChI=1S/C18H32N3O7/c22-17-15-13-11-9-7-5-3-1-2-4-6-8-10-12-14-16-18(19(23)24,20(25)26)21(27)28/h1-16H2. The van der Waals surface area contributed by atoms with E-state index in [1.54, 1.807) is 0 Å². The van der Waals surface area contributed by atoms with E-state index in [1.807, 2.05) is 6.29 Å². The van der Waals surface area contributed by atoms with E-state index in [0.717, 1.165) is 44.9 Å². The molecule has 0 heterocycles. The zero-order chi connectivity index (χ0) is 21.3. The van der Waals surface area contributed by atoms with Gasteiger partial charge in [-0.15, -0.1) is 0 Å². The van der Waals surface area contributed by atoms with Crippen LogP contribution in [0.25, 0.3) is 0 Å². The molecule has 0 aromatic rings. The van der Waals surface area contributed by atoms with Crippen LogP contribution in [0.15, 0.2) is 0 Å². The molecule has 0 aliphatic rings. The van der Waals surface area contributed by atoms with Crippen molar-refractivity contribution >= 4 is 6.29 Å². The third kappa shape index (κ3) is 10.3. The minimum atomic E-state index is -3.31. The summed E-state index contributed by atoms with van der Waals surface area (Å²) in [6.07, 6.45) is 15.4. The van der Waals surface area contributed by atoms with Crippen molar-refractivity contribution < 1.29 is 19.6 Å². The Kier molecular flexibility index (Phi) is 14.7. The number of unbranched alkanes of at least 4 members (excludes halogenated alkanes) is 14. The van der Waals surface area contributed by atoms with Gasteiger partial charge in [-0.05, 0) is 12.8 Å². The lowest BCUT2D eigenvalue weighted by Crippen LogP contribution is -2.53. The van der Waals surface area contributed by atoms with Crippen molar-refractivity contribution in [3.63, 3.8) is 0 Å². The summed E-state index contributed by atoms with van der Waals surface area (Å²) in [4.78, 5) is 38.2. The van der Waals surface area contributed by atoms with Gasteiger partial charge in [0.25, 0.3) is 0 Å². The van der Waals surface area contributed by atoms with Gasteiger partial charge in [0.15, 0.2) is 27.5 Å². The van der Waals surface area contributed by atoms with Crippen LogP contribution in [0.1, 0.15) is 103 Å². The lowest BCUT2D eigenvalue weighted by atomic mass is 10.0. The first-order valence-electron chi connectivity index (χ1n) is 10.2. The molecule has 161 valence electrons. The highest BCUT2D eigenvalue weighted by atomic mass is 16.7. The minimum absolute atomic E-state index is 0.0911. The molecule has 0 spiro atoms. The minimum Gasteiger partial charge on any atom is -0.291 e. The van der Waals surface area contributed by atoms with Gasteiger partial charge in [0, 0.05) is 6.42 Å². The van der Waals surface area contributed by atoms with E-state index in [1.165, 1.54) is 32.1 Å². The average Bonchev–Trinajstić information content (AvgIpc) is 2.63. The largest absolute Gasteiger partial charge is 0.699 e. The molecule has 0 amide bonds. The summed E-state index contributed by atoms with van der Waals surface area (Å²) in [6.45, 7) is 0. The first-order valence-corrected chi connectivity index (χ1v) is 10.2. The number of hydrogen-bond donors (Lipinski definition) is 0. The molecule has 0 aliphatic heterocycles. The van der Waals surface area contributed by atoms with Crippen molar-refractivity contribution in [3.8, 4) is 0 Å². The summed E-state index contributed by atoms with van der Waals surface area (Å²) in [5.41, 5.74) is 0. The van der Waals surface area contributed by atoms with Crippen LogP contribution in [0.4, 0.5) is 0 Å². The molecule has 0 fully saturated rings. The van der Waals surface area contributed by atoms with Gasteiger partial charge in [0.1, 0.15) is 0 Å². The zero-order valence-corrected chi connectivity index (χ0v) is 16.5. The first kappa shape index (κ1) is 25.9. The fourth-order valence-corrected chi connectivity index (χ4v) is 3.15. The second-order valence-electron chi connectivity index (χ2n) is 7.14. The Balaban J connectivity index is 3.59. The highest BCUT2D eigenvalue weighted by Gasteiger charge is 2.69. The Morgan fingerprint density at radius 1 is 0.536 bits per heavy atom. The summed E-state index contributed by atoms with van der Waals surface area (Å²) in [5, 5.41) is 32.4. The summed E-state index contributed by atoms with van der Waals surface area (Å²) in [7, 11) is 0. The molecule has 0 unspecified atom stereocenters. The number of nitrogens with zero attached hydrogens (tertiary/aromatic N) is 3. The van der Waals surface area contributed by atoms with Crippen molar-refractivity contribution in [1.29, 1.82) is 0 Å². The molecule has 0 aromatic carbocycles. The van der Waals surface area contributed by atoms with Crippen LogP contribution in [0.3, 0.4) is 0 Å². The van der Waals surface area contributed by atoms with E-state index in [0.29, 0.717) is 12.8 Å². The van der Waals surface area contributed by atoms with Crippen LogP contribution >= 0.6 is 0 Å². The summed E-state index contributed by atoms with van der Waals surface area (Å²) >= 11 is 0. The van der Waals surface area contributed by atoms with Crippen LogP contribution in [-0.2, 0) is 4.79 Å². The average molecular weight is 402 g/mol. The molecular weight excluding hydrogens is 370 g/mol. The maximum atomic E-state index is 10.8. The smallest absolute Gasteiger partial charge is 0.291 e. The van der Waals surface area contributed by atoms with E-state index >= 15 is 0 Å². The monoisotopic (exact) mass is 402 g/mol. The van der Waals surface area contributed by atoms with E-state index < -0.39 is 27.0 Å². The fourth-order valence-electron chi connectivity index (χ4n) is 3.15. The quantitative estimate of drug-likeness (QED) is 0.123. The lowest BCUT2D eigenvalue weighted by Gasteiger charge is -2.08. The second kappa shape index (κ2) is 15.9. The van der Waals surface area contributed by atoms with Gasteiger partial charge < -0.3 is 0 Å². The molecule has 0 aliphatic carbocycles. The Hall–Kier alpha value is -2.13. The van der Waals surface area contributed by atoms with Crippen LogP contribution < -0.4 is 0 Å². The molecule has 28 heavy (non-hydrogen) atoms. The molecule has 0 bridgehead atoms. The molecule has 1 radical (unpaired) electrons. The van der Waals surface area contributed by atoms with Gasteiger partial charge in [0.2, 0.25) is 0 Å². The second-order valence-corrected chi connectivity index (χ2v) is 7.14. The Morgan fingerprint density at radius 3 is 1.11 bits per heavy atom. The lowest BCUT2D eigenvalue weighted by molar-refractivity contribution is -0.970. The van der Waals surface area contributed by atoms with Crippen LogP contribution in [0, 0.1) is 30.3 Å². The predicted molar refractivity (Wildman–Crippen MR) is 103 cm³/mol. The van der Waals surface area contributed by atoms with Crippen molar-refractivity contribution in [2.24, 2.45) is 0 Å². The molecule has 10 nitrogen and oxygen atoms in total. The first-order chi connectivity index (χ1) is 13.4. The van der Waals surface area contributed by atoms with Gasteiger partial charge in [-0.2, -0.15) is 0 Å². The van der Waals surface area contributed by atoms with Crippen LogP contribution in [0.5, 0.6) is 0 Å². The predicted octanol–water partition coefficient (Wildman–Crippen LogP) is 4.82. The van der Waals surface area contributed by atoms with Crippen LogP contribution in [-0.4, -0.2) is 26.8 Å². The van der Waals surface area contributed by atoms with Crippen molar-refractivity contribution in [2.75, 3.05) is 0 Å². The SMILES string of the molecule is O=[C]CCCCCCCCCCCCCCCCC([N+](=O)[O-])([N+](=O)[O-])[N+](=O)[O-]. The molecule has 0 N–H and O–H groups in total. The number of hydrogen-bond acceptors (Lipinski definition) is 7. The van der Waals surface area contributed by atoms with Gasteiger partial charge in [-0.3, -0.25) is 35.1 Å². The molecule has 0 saturated heterocycles. The van der Waals surface area contributed by atoms with E-state index in [4.69, 9.17) is 0 Å². The summed E-state index contributed by atoms with van der Waals surface area (Å²) in [6, 6.07) is 0. The highest BCUT2D eigenvalue weighted by molar-refractivity contribution is 5.50.